The van der Waals surface area contributed by atoms with Crippen molar-refractivity contribution in [2.24, 2.45) is 0 Å². The van der Waals surface area contributed by atoms with Crippen molar-refractivity contribution in [1.82, 2.24) is 15.5 Å². The van der Waals surface area contributed by atoms with Crippen LogP contribution in [0.3, 0.4) is 0 Å². The van der Waals surface area contributed by atoms with Gasteiger partial charge in [-0.15, -0.1) is 12.4 Å². The fraction of sp³-hybridized carbons (Fsp3) is 0.588. The van der Waals surface area contributed by atoms with Crippen LogP contribution in [-0.4, -0.2) is 42.5 Å². The summed E-state index contributed by atoms with van der Waals surface area (Å²) in [6.07, 6.45) is 4.91. The Labute approximate surface area is 149 Å². The molecule has 0 spiro atoms. The maximum atomic E-state index is 12.1. The maximum Gasteiger partial charge on any atom is 0.234 e. The first-order valence-electron chi connectivity index (χ1n) is 8.07. The lowest BCUT2D eigenvalue weighted by Crippen LogP contribution is -2.49. The standard InChI is InChI=1S/C17H24ClN3O.ClH/c1-21(16-8-14-6-7-15(9-16)20-14)11-17(22)19-10-12-2-4-13(18)5-3-12;/h2-5,14-16,20H,6-11H2,1H3,(H,19,22);1H. The van der Waals surface area contributed by atoms with Crippen LogP contribution in [0.15, 0.2) is 24.3 Å². The van der Waals surface area contributed by atoms with E-state index in [1.54, 1.807) is 0 Å². The van der Waals surface area contributed by atoms with Crippen LogP contribution in [-0.2, 0) is 11.3 Å². The van der Waals surface area contributed by atoms with Crippen molar-refractivity contribution in [3.8, 4) is 0 Å². The summed E-state index contributed by atoms with van der Waals surface area (Å²) in [7, 11) is 2.07. The number of fused-ring (bicyclic) bond motifs is 2. The molecule has 2 N–H and O–H groups in total. The van der Waals surface area contributed by atoms with Gasteiger partial charge >= 0.3 is 0 Å². The van der Waals surface area contributed by atoms with Gasteiger partial charge in [0.25, 0.3) is 0 Å². The lowest BCUT2D eigenvalue weighted by molar-refractivity contribution is -0.122. The van der Waals surface area contributed by atoms with Crippen molar-refractivity contribution < 1.29 is 4.79 Å². The van der Waals surface area contributed by atoms with Gasteiger partial charge in [0.2, 0.25) is 5.91 Å². The number of piperidine rings is 1. The van der Waals surface area contributed by atoms with E-state index in [4.69, 9.17) is 11.6 Å². The van der Waals surface area contributed by atoms with Gasteiger partial charge in [0.05, 0.1) is 6.54 Å². The van der Waals surface area contributed by atoms with E-state index in [0.717, 1.165) is 23.4 Å². The highest BCUT2D eigenvalue weighted by Crippen LogP contribution is 2.29. The third-order valence-corrected chi connectivity index (χ3v) is 5.12. The molecule has 0 aromatic heterocycles. The second-order valence-corrected chi connectivity index (χ2v) is 7.02. The Balaban J connectivity index is 0.00000192. The second-order valence-electron chi connectivity index (χ2n) is 6.58. The minimum Gasteiger partial charge on any atom is -0.351 e. The molecular formula is C17H25Cl2N3O. The Morgan fingerprint density at radius 2 is 1.87 bits per heavy atom. The Hall–Kier alpha value is -0.810. The van der Waals surface area contributed by atoms with Crippen LogP contribution < -0.4 is 10.6 Å². The average molecular weight is 358 g/mol. The summed E-state index contributed by atoms with van der Waals surface area (Å²) in [5, 5.41) is 7.35. The van der Waals surface area contributed by atoms with Gasteiger partial charge in [0.1, 0.15) is 0 Å². The summed E-state index contributed by atoms with van der Waals surface area (Å²) in [6, 6.07) is 9.42. The fourth-order valence-corrected chi connectivity index (χ4v) is 3.73. The number of carbonyl (C=O) groups is 1. The summed E-state index contributed by atoms with van der Waals surface area (Å²) >= 11 is 5.86. The first-order valence-corrected chi connectivity index (χ1v) is 8.45. The number of nitrogens with zero attached hydrogens (tertiary/aromatic N) is 1. The molecule has 1 aromatic carbocycles. The van der Waals surface area contributed by atoms with E-state index >= 15 is 0 Å². The highest BCUT2D eigenvalue weighted by atomic mass is 35.5. The molecule has 1 amide bonds. The number of amides is 1. The van der Waals surface area contributed by atoms with Gasteiger partial charge < -0.3 is 10.6 Å². The molecule has 2 aliphatic heterocycles. The molecule has 128 valence electrons. The Morgan fingerprint density at radius 1 is 1.26 bits per heavy atom. The predicted octanol–water partition coefficient (Wildman–Crippen LogP) is 2.59. The van der Waals surface area contributed by atoms with Crippen LogP contribution in [0, 0.1) is 0 Å². The molecule has 0 aliphatic carbocycles. The average Bonchev–Trinajstić information content (AvgIpc) is 2.85. The zero-order valence-electron chi connectivity index (χ0n) is 13.4. The van der Waals surface area contributed by atoms with Gasteiger partial charge in [-0.2, -0.15) is 0 Å². The number of halogens is 2. The van der Waals surface area contributed by atoms with E-state index in [2.05, 4.69) is 22.6 Å². The van der Waals surface area contributed by atoms with Crippen molar-refractivity contribution in [1.29, 1.82) is 0 Å². The number of likely N-dealkylation sites (N-methyl/N-ethyl adjacent to an activating group) is 1. The number of hydrogen-bond acceptors (Lipinski definition) is 3. The van der Waals surface area contributed by atoms with E-state index in [-0.39, 0.29) is 18.3 Å². The molecule has 2 fully saturated rings. The van der Waals surface area contributed by atoms with Crippen molar-refractivity contribution in [2.75, 3.05) is 13.6 Å². The zero-order chi connectivity index (χ0) is 15.5. The summed E-state index contributed by atoms with van der Waals surface area (Å²) in [5.41, 5.74) is 1.07. The number of carbonyl (C=O) groups excluding carboxylic acids is 1. The lowest BCUT2D eigenvalue weighted by atomic mass is 9.98. The van der Waals surface area contributed by atoms with Crippen LogP contribution in [0.2, 0.25) is 5.02 Å². The number of hydrogen-bond donors (Lipinski definition) is 2. The molecule has 23 heavy (non-hydrogen) atoms. The smallest absolute Gasteiger partial charge is 0.234 e. The first kappa shape index (κ1) is 18.5. The van der Waals surface area contributed by atoms with Crippen molar-refractivity contribution in [3.63, 3.8) is 0 Å². The fourth-order valence-electron chi connectivity index (χ4n) is 3.60. The number of benzene rings is 1. The van der Waals surface area contributed by atoms with E-state index in [0.29, 0.717) is 31.2 Å². The van der Waals surface area contributed by atoms with Crippen LogP contribution in [0.5, 0.6) is 0 Å². The minimum absolute atomic E-state index is 0. The normalized spacial score (nSPS) is 26.0. The molecule has 2 saturated heterocycles. The molecule has 3 rings (SSSR count). The van der Waals surface area contributed by atoms with Crippen molar-refractivity contribution in [2.45, 2.75) is 50.4 Å². The van der Waals surface area contributed by atoms with Gasteiger partial charge in [-0.3, -0.25) is 9.69 Å². The SMILES string of the molecule is CN(CC(=O)NCc1ccc(Cl)cc1)C1CC2CCC(C1)N2.Cl. The van der Waals surface area contributed by atoms with E-state index in [1.165, 1.54) is 12.8 Å². The highest BCUT2D eigenvalue weighted by Gasteiger charge is 2.35. The molecule has 4 nitrogen and oxygen atoms in total. The molecular weight excluding hydrogens is 333 g/mol. The highest BCUT2D eigenvalue weighted by molar-refractivity contribution is 6.30. The summed E-state index contributed by atoms with van der Waals surface area (Å²) in [5.74, 6) is 0.0864. The largest absolute Gasteiger partial charge is 0.351 e. The monoisotopic (exact) mass is 357 g/mol. The van der Waals surface area contributed by atoms with Crippen LogP contribution in [0.1, 0.15) is 31.2 Å². The van der Waals surface area contributed by atoms with Crippen LogP contribution in [0.25, 0.3) is 0 Å². The van der Waals surface area contributed by atoms with Crippen LogP contribution in [0.4, 0.5) is 0 Å². The molecule has 1 aromatic rings. The molecule has 2 atom stereocenters. The Morgan fingerprint density at radius 3 is 2.48 bits per heavy atom. The third kappa shape index (κ3) is 5.08. The quantitative estimate of drug-likeness (QED) is 0.851. The second kappa shape index (κ2) is 8.34. The molecule has 2 unspecified atom stereocenters. The van der Waals surface area contributed by atoms with Gasteiger partial charge in [-0.05, 0) is 50.4 Å². The summed E-state index contributed by atoms with van der Waals surface area (Å²) in [6.45, 7) is 1.03. The minimum atomic E-state index is 0. The topological polar surface area (TPSA) is 44.4 Å². The van der Waals surface area contributed by atoms with Crippen molar-refractivity contribution in [3.05, 3.63) is 34.9 Å². The maximum absolute atomic E-state index is 12.1. The van der Waals surface area contributed by atoms with E-state index in [9.17, 15) is 4.79 Å². The predicted molar refractivity (Wildman–Crippen MR) is 96.1 cm³/mol. The van der Waals surface area contributed by atoms with E-state index in [1.807, 2.05) is 24.3 Å². The Kier molecular flexibility index (Phi) is 6.72. The molecule has 6 heteroatoms. The van der Waals surface area contributed by atoms with Crippen LogP contribution >= 0.6 is 24.0 Å². The third-order valence-electron chi connectivity index (χ3n) is 4.87. The summed E-state index contributed by atoms with van der Waals surface area (Å²) in [4.78, 5) is 14.3. The van der Waals surface area contributed by atoms with Crippen molar-refractivity contribution >= 4 is 29.9 Å². The molecule has 2 bridgehead atoms. The molecule has 2 aliphatic rings. The van der Waals surface area contributed by atoms with Gasteiger partial charge in [0, 0.05) is 29.7 Å². The van der Waals surface area contributed by atoms with Gasteiger partial charge in [-0.25, -0.2) is 0 Å². The first-order chi connectivity index (χ1) is 10.6. The van der Waals surface area contributed by atoms with Gasteiger partial charge in [-0.1, -0.05) is 23.7 Å². The number of rotatable bonds is 5. The number of nitrogens with one attached hydrogen (secondary N) is 2. The molecule has 2 heterocycles. The lowest BCUT2D eigenvalue weighted by Gasteiger charge is -2.35. The Bertz CT molecular complexity index is 511. The summed E-state index contributed by atoms with van der Waals surface area (Å²) < 4.78 is 0. The van der Waals surface area contributed by atoms with E-state index < -0.39 is 0 Å². The van der Waals surface area contributed by atoms with Gasteiger partial charge in [0.15, 0.2) is 0 Å². The zero-order valence-corrected chi connectivity index (χ0v) is 15.0. The molecule has 0 radical (unpaired) electrons. The molecule has 0 saturated carbocycles.